The van der Waals surface area contributed by atoms with Gasteiger partial charge in [0.15, 0.2) is 0 Å². The molecule has 3 nitrogen and oxygen atoms in total. The number of hydrogen-bond donors (Lipinski definition) is 1. The fourth-order valence-corrected chi connectivity index (χ4v) is 2.68. The maximum absolute atomic E-state index is 4.74. The van der Waals surface area contributed by atoms with Gasteiger partial charge in [0.25, 0.3) is 0 Å². The molecular formula is C15H25N3S. The summed E-state index contributed by atoms with van der Waals surface area (Å²) >= 11 is 1.87. The number of nitrogens with zero attached hydrogens (tertiary/aromatic N) is 2. The number of rotatable bonds is 7. The van der Waals surface area contributed by atoms with E-state index in [-0.39, 0.29) is 0 Å². The number of thioether (sulfide) groups is 1. The van der Waals surface area contributed by atoms with Gasteiger partial charge in [-0.1, -0.05) is 27.7 Å². The van der Waals surface area contributed by atoms with E-state index >= 15 is 0 Å². The molecular weight excluding hydrogens is 254 g/mol. The molecule has 1 atom stereocenters. The second kappa shape index (κ2) is 6.60. The summed E-state index contributed by atoms with van der Waals surface area (Å²) in [6, 6.07) is 2.10. The summed E-state index contributed by atoms with van der Waals surface area (Å²) in [5, 5.41) is 5.10. The van der Waals surface area contributed by atoms with E-state index in [1.165, 1.54) is 12.8 Å². The molecule has 0 bridgehead atoms. The lowest BCUT2D eigenvalue weighted by Gasteiger charge is -2.15. The van der Waals surface area contributed by atoms with Crippen LogP contribution in [0.3, 0.4) is 0 Å². The minimum Gasteiger partial charge on any atom is -0.370 e. The van der Waals surface area contributed by atoms with Crippen LogP contribution in [0, 0.1) is 5.92 Å². The van der Waals surface area contributed by atoms with Gasteiger partial charge >= 0.3 is 0 Å². The van der Waals surface area contributed by atoms with Crippen LogP contribution in [0.4, 0.5) is 5.82 Å². The molecule has 19 heavy (non-hydrogen) atoms. The summed E-state index contributed by atoms with van der Waals surface area (Å²) in [4.78, 5) is 9.39. The first-order chi connectivity index (χ1) is 9.10. The second-order valence-corrected chi connectivity index (χ2v) is 7.12. The van der Waals surface area contributed by atoms with Crippen molar-refractivity contribution in [1.29, 1.82) is 0 Å². The van der Waals surface area contributed by atoms with E-state index in [9.17, 15) is 0 Å². The summed E-state index contributed by atoms with van der Waals surface area (Å²) in [5.74, 6) is 3.31. The predicted molar refractivity (Wildman–Crippen MR) is 82.9 cm³/mol. The highest BCUT2D eigenvalue weighted by Crippen LogP contribution is 2.39. The lowest BCUT2D eigenvalue weighted by Crippen LogP contribution is -2.08. The largest absolute Gasteiger partial charge is 0.370 e. The van der Waals surface area contributed by atoms with Crippen molar-refractivity contribution in [3.63, 3.8) is 0 Å². The Hall–Kier alpha value is -0.770. The van der Waals surface area contributed by atoms with Crippen LogP contribution in [-0.4, -0.2) is 21.8 Å². The Balaban J connectivity index is 2.13. The quantitative estimate of drug-likeness (QED) is 0.596. The molecule has 0 saturated heterocycles. The van der Waals surface area contributed by atoms with Crippen molar-refractivity contribution < 1.29 is 0 Å². The molecule has 0 spiro atoms. The van der Waals surface area contributed by atoms with Crippen LogP contribution < -0.4 is 5.32 Å². The number of aromatic nitrogens is 2. The maximum Gasteiger partial charge on any atom is 0.135 e. The van der Waals surface area contributed by atoms with Gasteiger partial charge in [0.1, 0.15) is 16.7 Å². The van der Waals surface area contributed by atoms with Gasteiger partial charge in [0.2, 0.25) is 0 Å². The highest BCUT2D eigenvalue weighted by molar-refractivity contribution is 7.99. The van der Waals surface area contributed by atoms with Gasteiger partial charge in [-0.2, -0.15) is 0 Å². The molecule has 0 aromatic carbocycles. The molecule has 1 unspecified atom stereocenters. The molecule has 1 aliphatic rings. The van der Waals surface area contributed by atoms with Crippen LogP contribution in [-0.2, 0) is 0 Å². The van der Waals surface area contributed by atoms with Crippen molar-refractivity contribution in [2.24, 2.45) is 5.92 Å². The van der Waals surface area contributed by atoms with Gasteiger partial charge in [-0.25, -0.2) is 9.97 Å². The lowest BCUT2D eigenvalue weighted by molar-refractivity contribution is 0.641. The van der Waals surface area contributed by atoms with Crippen LogP contribution in [0.5, 0.6) is 0 Å². The monoisotopic (exact) mass is 279 g/mol. The van der Waals surface area contributed by atoms with Crippen molar-refractivity contribution in [3.8, 4) is 0 Å². The maximum atomic E-state index is 4.74. The Morgan fingerprint density at radius 3 is 2.63 bits per heavy atom. The Bertz CT molecular complexity index is 416. The summed E-state index contributed by atoms with van der Waals surface area (Å²) < 4.78 is 0. The first-order valence-corrected chi connectivity index (χ1v) is 8.27. The van der Waals surface area contributed by atoms with Crippen LogP contribution in [0.1, 0.15) is 58.7 Å². The van der Waals surface area contributed by atoms with Gasteiger partial charge in [0.05, 0.1) is 0 Å². The van der Waals surface area contributed by atoms with Crippen molar-refractivity contribution in [3.05, 3.63) is 11.9 Å². The van der Waals surface area contributed by atoms with Gasteiger partial charge < -0.3 is 5.32 Å². The second-order valence-electron chi connectivity index (χ2n) is 5.72. The molecule has 1 saturated carbocycles. The normalized spacial score (nSPS) is 16.7. The van der Waals surface area contributed by atoms with E-state index in [0.717, 1.165) is 29.6 Å². The molecule has 2 rings (SSSR count). The standard InChI is InChI=1S/C15H25N3S/c1-5-8-16-13-9-14(19-11(4)10(2)3)18-15(17-13)12-6-7-12/h9-12H,5-8H2,1-4H3,(H,16,17,18). The first kappa shape index (κ1) is 14.6. The van der Waals surface area contributed by atoms with Crippen LogP contribution in [0.15, 0.2) is 11.1 Å². The highest BCUT2D eigenvalue weighted by Gasteiger charge is 2.27. The van der Waals surface area contributed by atoms with Crippen LogP contribution >= 0.6 is 11.8 Å². The number of nitrogens with one attached hydrogen (secondary N) is 1. The smallest absolute Gasteiger partial charge is 0.135 e. The van der Waals surface area contributed by atoms with E-state index in [1.807, 2.05) is 11.8 Å². The minimum absolute atomic E-state index is 0.584. The zero-order chi connectivity index (χ0) is 13.8. The van der Waals surface area contributed by atoms with Gasteiger partial charge in [-0.05, 0) is 25.2 Å². The summed E-state index contributed by atoms with van der Waals surface area (Å²) in [6.45, 7) is 9.94. The average Bonchev–Trinajstić information content (AvgIpc) is 3.20. The zero-order valence-corrected chi connectivity index (χ0v) is 13.3. The van der Waals surface area contributed by atoms with Crippen molar-refractivity contribution in [1.82, 2.24) is 9.97 Å². The molecule has 1 aromatic rings. The Morgan fingerprint density at radius 2 is 2.05 bits per heavy atom. The van der Waals surface area contributed by atoms with E-state index < -0.39 is 0 Å². The third-order valence-corrected chi connectivity index (χ3v) is 4.83. The van der Waals surface area contributed by atoms with Crippen molar-refractivity contribution >= 4 is 17.6 Å². The van der Waals surface area contributed by atoms with E-state index in [4.69, 9.17) is 4.98 Å². The average molecular weight is 279 g/mol. The topological polar surface area (TPSA) is 37.8 Å². The molecule has 0 amide bonds. The molecule has 0 radical (unpaired) electrons. The lowest BCUT2D eigenvalue weighted by atomic mass is 10.2. The van der Waals surface area contributed by atoms with Gasteiger partial charge in [-0.15, -0.1) is 11.8 Å². The number of hydrogen-bond acceptors (Lipinski definition) is 4. The van der Waals surface area contributed by atoms with E-state index in [0.29, 0.717) is 17.1 Å². The molecule has 0 aliphatic heterocycles. The van der Waals surface area contributed by atoms with E-state index in [2.05, 4.69) is 44.1 Å². The van der Waals surface area contributed by atoms with Crippen molar-refractivity contribution in [2.75, 3.05) is 11.9 Å². The summed E-state index contributed by atoms with van der Waals surface area (Å²) in [5.41, 5.74) is 0. The van der Waals surface area contributed by atoms with Crippen molar-refractivity contribution in [2.45, 2.75) is 63.2 Å². The van der Waals surface area contributed by atoms with Crippen LogP contribution in [0.2, 0.25) is 0 Å². The molecule has 1 aromatic heterocycles. The molecule has 1 fully saturated rings. The van der Waals surface area contributed by atoms with E-state index in [1.54, 1.807) is 0 Å². The summed E-state index contributed by atoms with van der Waals surface area (Å²) in [6.07, 6.45) is 3.62. The fraction of sp³-hybridized carbons (Fsp3) is 0.733. The third kappa shape index (κ3) is 4.37. The first-order valence-electron chi connectivity index (χ1n) is 7.39. The van der Waals surface area contributed by atoms with Crippen LogP contribution in [0.25, 0.3) is 0 Å². The SMILES string of the molecule is CCCNc1cc(SC(C)C(C)C)nc(C2CC2)n1. The Kier molecular flexibility index (Phi) is 5.08. The summed E-state index contributed by atoms with van der Waals surface area (Å²) in [7, 11) is 0. The molecule has 1 N–H and O–H groups in total. The number of anilines is 1. The zero-order valence-electron chi connectivity index (χ0n) is 12.4. The Morgan fingerprint density at radius 1 is 1.32 bits per heavy atom. The highest BCUT2D eigenvalue weighted by atomic mass is 32.2. The fourth-order valence-electron chi connectivity index (χ4n) is 1.70. The molecule has 4 heteroatoms. The minimum atomic E-state index is 0.584. The predicted octanol–water partition coefficient (Wildman–Crippen LogP) is 4.31. The van der Waals surface area contributed by atoms with Gasteiger partial charge in [-0.3, -0.25) is 0 Å². The molecule has 1 aliphatic carbocycles. The third-order valence-electron chi connectivity index (χ3n) is 3.46. The molecule has 106 valence electrons. The Labute approximate surface area is 121 Å². The molecule has 1 heterocycles. The van der Waals surface area contributed by atoms with Gasteiger partial charge in [0, 0.05) is 23.8 Å².